The molecular weight excluding hydrogens is 271 g/mol. The maximum Gasteiger partial charge on any atom is 0.219 e. The highest BCUT2D eigenvalue weighted by Crippen LogP contribution is 2.30. The van der Waals surface area contributed by atoms with Crippen LogP contribution < -0.4 is 10.1 Å². The van der Waals surface area contributed by atoms with Gasteiger partial charge >= 0.3 is 0 Å². The first-order chi connectivity index (χ1) is 8.69. The van der Waals surface area contributed by atoms with Crippen LogP contribution in [-0.2, 0) is 6.54 Å². The third-order valence-electron chi connectivity index (χ3n) is 2.29. The zero-order chi connectivity index (χ0) is 13.0. The molecule has 1 heterocycles. The molecule has 0 spiro atoms. The van der Waals surface area contributed by atoms with Crippen LogP contribution in [0.15, 0.2) is 36.5 Å². The molecule has 0 aliphatic heterocycles. The topological polar surface area (TPSA) is 34.1 Å². The lowest BCUT2D eigenvalue weighted by molar-refractivity contribution is 0.462. The molecule has 1 N–H and O–H groups in total. The second-order valence-corrected chi connectivity index (χ2v) is 4.56. The first-order valence-corrected chi connectivity index (χ1v) is 6.17. The van der Waals surface area contributed by atoms with E-state index in [0.717, 1.165) is 12.1 Å². The molecule has 1 aromatic heterocycles. The molecule has 1 aromatic carbocycles. The van der Waals surface area contributed by atoms with Crippen LogP contribution in [0.2, 0.25) is 10.0 Å². The summed E-state index contributed by atoms with van der Waals surface area (Å²) >= 11 is 11.9. The number of hydrogen-bond donors (Lipinski definition) is 1. The monoisotopic (exact) mass is 282 g/mol. The summed E-state index contributed by atoms with van der Waals surface area (Å²) in [6.07, 6.45) is 1.75. The number of halogens is 2. The quantitative estimate of drug-likeness (QED) is 0.924. The maximum atomic E-state index is 6.01. The van der Waals surface area contributed by atoms with Gasteiger partial charge in [-0.15, -0.1) is 0 Å². The van der Waals surface area contributed by atoms with E-state index in [4.69, 9.17) is 27.9 Å². The molecule has 0 atom stereocenters. The molecule has 5 heteroatoms. The first-order valence-electron chi connectivity index (χ1n) is 5.41. The molecule has 0 aliphatic carbocycles. The number of nitrogens with one attached hydrogen (secondary N) is 1. The van der Waals surface area contributed by atoms with E-state index < -0.39 is 0 Å². The number of pyridine rings is 1. The van der Waals surface area contributed by atoms with Crippen molar-refractivity contribution in [3.05, 3.63) is 52.1 Å². The van der Waals surface area contributed by atoms with Crippen LogP contribution >= 0.6 is 23.2 Å². The van der Waals surface area contributed by atoms with Crippen molar-refractivity contribution >= 4 is 23.2 Å². The highest BCUT2D eigenvalue weighted by Gasteiger charge is 2.05. The molecule has 18 heavy (non-hydrogen) atoms. The highest BCUT2D eigenvalue weighted by atomic mass is 35.5. The maximum absolute atomic E-state index is 6.01. The van der Waals surface area contributed by atoms with Crippen molar-refractivity contribution in [1.29, 1.82) is 0 Å². The zero-order valence-corrected chi connectivity index (χ0v) is 11.3. The van der Waals surface area contributed by atoms with Crippen LogP contribution in [0.3, 0.4) is 0 Å². The number of hydrogen-bond acceptors (Lipinski definition) is 3. The van der Waals surface area contributed by atoms with E-state index in [1.54, 1.807) is 30.5 Å². The minimum Gasteiger partial charge on any atom is -0.437 e. The third-order valence-corrected chi connectivity index (χ3v) is 2.83. The van der Waals surface area contributed by atoms with Gasteiger partial charge in [0.25, 0.3) is 0 Å². The van der Waals surface area contributed by atoms with E-state index in [9.17, 15) is 0 Å². The highest BCUT2D eigenvalue weighted by molar-refractivity contribution is 6.34. The molecule has 94 valence electrons. The average Bonchev–Trinajstić information content (AvgIpc) is 2.37. The normalized spacial score (nSPS) is 10.4. The Kier molecular flexibility index (Phi) is 4.42. The van der Waals surface area contributed by atoms with Crippen molar-refractivity contribution in [2.45, 2.75) is 6.54 Å². The summed E-state index contributed by atoms with van der Waals surface area (Å²) in [7, 11) is 1.89. The number of benzene rings is 1. The molecule has 0 aliphatic rings. The second kappa shape index (κ2) is 6.05. The van der Waals surface area contributed by atoms with Crippen molar-refractivity contribution < 1.29 is 4.74 Å². The molecule has 0 saturated carbocycles. The standard InChI is InChI=1S/C13H12Cl2N2O/c1-16-7-9-2-5-13(17-8-9)18-12-6-10(14)3-4-11(12)15/h2-6,8,16H,7H2,1H3. The molecule has 0 bridgehead atoms. The van der Waals surface area contributed by atoms with E-state index >= 15 is 0 Å². The van der Waals surface area contributed by atoms with Crippen molar-refractivity contribution in [2.75, 3.05) is 7.05 Å². The molecule has 0 radical (unpaired) electrons. The SMILES string of the molecule is CNCc1ccc(Oc2cc(Cl)ccc2Cl)nc1. The third kappa shape index (κ3) is 3.35. The van der Waals surface area contributed by atoms with Gasteiger partial charge in [-0.1, -0.05) is 29.3 Å². The molecule has 2 rings (SSSR count). The van der Waals surface area contributed by atoms with Gasteiger partial charge in [0.15, 0.2) is 0 Å². The van der Waals surface area contributed by atoms with E-state index in [2.05, 4.69) is 10.3 Å². The molecule has 0 unspecified atom stereocenters. The number of nitrogens with zero attached hydrogens (tertiary/aromatic N) is 1. The predicted molar refractivity (Wildman–Crippen MR) is 73.5 cm³/mol. The Labute approximate surface area is 116 Å². The lowest BCUT2D eigenvalue weighted by Crippen LogP contribution is -2.05. The summed E-state index contributed by atoms with van der Waals surface area (Å²) in [5.41, 5.74) is 1.09. The molecule has 0 amide bonds. The largest absolute Gasteiger partial charge is 0.437 e. The van der Waals surface area contributed by atoms with Gasteiger partial charge in [-0.2, -0.15) is 0 Å². The van der Waals surface area contributed by atoms with Crippen LogP contribution in [0.25, 0.3) is 0 Å². The van der Waals surface area contributed by atoms with Gasteiger partial charge in [-0.05, 0) is 24.7 Å². The summed E-state index contributed by atoms with van der Waals surface area (Å²) < 4.78 is 5.58. The van der Waals surface area contributed by atoms with E-state index in [0.29, 0.717) is 21.7 Å². The molecule has 0 fully saturated rings. The van der Waals surface area contributed by atoms with Crippen molar-refractivity contribution in [3.63, 3.8) is 0 Å². The second-order valence-electron chi connectivity index (χ2n) is 3.71. The van der Waals surface area contributed by atoms with Gasteiger partial charge in [-0.25, -0.2) is 4.98 Å². The van der Waals surface area contributed by atoms with Gasteiger partial charge in [0.05, 0.1) is 5.02 Å². The van der Waals surface area contributed by atoms with E-state index in [1.165, 1.54) is 0 Å². The van der Waals surface area contributed by atoms with Crippen LogP contribution in [0.5, 0.6) is 11.6 Å². The Bertz CT molecular complexity index is 529. The number of aromatic nitrogens is 1. The van der Waals surface area contributed by atoms with Gasteiger partial charge < -0.3 is 10.1 Å². The fourth-order valence-corrected chi connectivity index (χ4v) is 1.77. The Hall–Kier alpha value is -1.29. The Morgan fingerprint density at radius 2 is 2.06 bits per heavy atom. The zero-order valence-electron chi connectivity index (χ0n) is 9.78. The lowest BCUT2D eigenvalue weighted by atomic mass is 10.3. The average molecular weight is 283 g/mol. The predicted octanol–water partition coefficient (Wildman–Crippen LogP) is 3.90. The van der Waals surface area contributed by atoms with Crippen LogP contribution in [-0.4, -0.2) is 12.0 Å². The first kappa shape index (κ1) is 13.1. The summed E-state index contributed by atoms with van der Waals surface area (Å²) in [5.74, 6) is 0.983. The fourth-order valence-electron chi connectivity index (χ4n) is 1.45. The molecular formula is C13H12Cl2N2O. The fraction of sp³-hybridized carbons (Fsp3) is 0.154. The minimum atomic E-state index is 0.485. The van der Waals surface area contributed by atoms with Gasteiger partial charge in [0.1, 0.15) is 5.75 Å². The van der Waals surface area contributed by atoms with E-state index in [-0.39, 0.29) is 0 Å². The Morgan fingerprint density at radius 1 is 1.22 bits per heavy atom. The van der Waals surface area contributed by atoms with Crippen molar-refractivity contribution in [2.24, 2.45) is 0 Å². The summed E-state index contributed by atoms with van der Waals surface area (Å²) in [6, 6.07) is 8.79. The molecule has 3 nitrogen and oxygen atoms in total. The smallest absolute Gasteiger partial charge is 0.219 e. The summed E-state index contributed by atoms with van der Waals surface area (Å²) in [4.78, 5) is 4.20. The van der Waals surface area contributed by atoms with Crippen molar-refractivity contribution in [1.82, 2.24) is 10.3 Å². The Balaban J connectivity index is 2.15. The Morgan fingerprint density at radius 3 is 2.72 bits per heavy atom. The number of rotatable bonds is 4. The van der Waals surface area contributed by atoms with E-state index in [1.807, 2.05) is 13.1 Å². The van der Waals surface area contributed by atoms with Crippen LogP contribution in [0, 0.1) is 0 Å². The molecule has 2 aromatic rings. The van der Waals surface area contributed by atoms with Gasteiger partial charge in [0.2, 0.25) is 5.88 Å². The van der Waals surface area contributed by atoms with Crippen LogP contribution in [0.4, 0.5) is 0 Å². The minimum absolute atomic E-state index is 0.485. The van der Waals surface area contributed by atoms with Gasteiger partial charge in [0, 0.05) is 29.9 Å². The number of ether oxygens (including phenoxy) is 1. The van der Waals surface area contributed by atoms with Crippen molar-refractivity contribution in [3.8, 4) is 11.6 Å². The van der Waals surface area contributed by atoms with Crippen LogP contribution in [0.1, 0.15) is 5.56 Å². The van der Waals surface area contributed by atoms with Gasteiger partial charge in [-0.3, -0.25) is 0 Å². The summed E-state index contributed by atoms with van der Waals surface area (Å²) in [5, 5.41) is 4.12. The molecule has 0 saturated heterocycles. The lowest BCUT2D eigenvalue weighted by Gasteiger charge is -2.07. The summed E-state index contributed by atoms with van der Waals surface area (Å²) in [6.45, 7) is 0.769.